The Kier molecular flexibility index (Phi) is 7.45. The molecule has 0 aliphatic carbocycles. The van der Waals surface area contributed by atoms with E-state index < -0.39 is 34.6 Å². The van der Waals surface area contributed by atoms with Crippen LogP contribution in [-0.2, 0) is 0 Å². The summed E-state index contributed by atoms with van der Waals surface area (Å²) in [5.41, 5.74) is -1.75. The first-order valence-electron chi connectivity index (χ1n) is 9.67. The number of carbonyl (C=O) groups excluding carboxylic acids is 1. The van der Waals surface area contributed by atoms with Crippen molar-refractivity contribution in [1.82, 2.24) is 15.1 Å². The molecule has 0 unspecified atom stereocenters. The van der Waals surface area contributed by atoms with Gasteiger partial charge in [-0.1, -0.05) is 0 Å². The zero-order chi connectivity index (χ0) is 22.8. The molecule has 0 aromatic heterocycles. The zero-order valence-corrected chi connectivity index (χ0v) is 19.3. The predicted molar refractivity (Wildman–Crippen MR) is 121 cm³/mol. The molecule has 1 fully saturated rings. The van der Waals surface area contributed by atoms with Crippen LogP contribution < -0.4 is 10.6 Å². The molecule has 0 radical (unpaired) electrons. The maximum absolute atomic E-state index is 14.5. The first-order chi connectivity index (χ1) is 14.6. The summed E-state index contributed by atoms with van der Waals surface area (Å²) in [5.74, 6) is -3.67. The molecule has 1 amide bonds. The number of likely N-dealkylation sites (tertiary alicyclic amines) is 1. The third-order valence-electron chi connectivity index (χ3n) is 4.96. The monoisotopic (exact) mass is 548 g/mol. The van der Waals surface area contributed by atoms with Gasteiger partial charge < -0.3 is 25.5 Å². The lowest BCUT2D eigenvalue weighted by atomic mass is 9.92. The standard InChI is InChI=1S/C21H24F3IN4O2/c1-28(2)8-7-26-10-21(31)11-29(12-21)20(30)14-4-5-15(22)18(24)19(14)27-17-6-3-13(25)9-16(17)23/h3-6,9,26-27,31H,7-8,10-12H2,1-2H3. The van der Waals surface area contributed by atoms with Crippen molar-refractivity contribution in [3.63, 3.8) is 0 Å². The highest BCUT2D eigenvalue weighted by molar-refractivity contribution is 14.1. The maximum atomic E-state index is 14.5. The van der Waals surface area contributed by atoms with E-state index >= 15 is 0 Å². The van der Waals surface area contributed by atoms with E-state index in [-0.39, 0.29) is 24.3 Å². The van der Waals surface area contributed by atoms with Crippen LogP contribution in [0.5, 0.6) is 0 Å². The third-order valence-corrected chi connectivity index (χ3v) is 5.63. The van der Waals surface area contributed by atoms with Gasteiger partial charge in [0.1, 0.15) is 11.4 Å². The Labute approximate surface area is 192 Å². The van der Waals surface area contributed by atoms with Crippen molar-refractivity contribution >= 4 is 39.9 Å². The molecular formula is C21H24F3IN4O2. The largest absolute Gasteiger partial charge is 0.385 e. The molecule has 3 N–H and O–H groups in total. The summed E-state index contributed by atoms with van der Waals surface area (Å²) < 4.78 is 43.2. The van der Waals surface area contributed by atoms with E-state index in [4.69, 9.17) is 0 Å². The van der Waals surface area contributed by atoms with Gasteiger partial charge in [0.15, 0.2) is 11.6 Å². The Morgan fingerprint density at radius 2 is 1.90 bits per heavy atom. The van der Waals surface area contributed by atoms with E-state index in [9.17, 15) is 23.1 Å². The summed E-state index contributed by atoms with van der Waals surface area (Å²) >= 11 is 1.93. The second-order valence-electron chi connectivity index (χ2n) is 7.90. The Hall–Kier alpha value is -1.89. The van der Waals surface area contributed by atoms with E-state index in [1.54, 1.807) is 6.07 Å². The van der Waals surface area contributed by atoms with Gasteiger partial charge in [-0.25, -0.2) is 13.2 Å². The molecule has 168 valence electrons. The lowest BCUT2D eigenvalue weighted by molar-refractivity contribution is -0.0785. The minimum atomic E-state index is -1.27. The molecule has 1 saturated heterocycles. The topological polar surface area (TPSA) is 67.8 Å². The molecule has 10 heteroatoms. The highest BCUT2D eigenvalue weighted by Gasteiger charge is 2.44. The van der Waals surface area contributed by atoms with Gasteiger partial charge in [-0.15, -0.1) is 0 Å². The summed E-state index contributed by atoms with van der Waals surface area (Å²) in [7, 11) is 3.88. The van der Waals surface area contributed by atoms with Crippen molar-refractivity contribution < 1.29 is 23.1 Å². The summed E-state index contributed by atoms with van der Waals surface area (Å²) in [6.45, 7) is 1.90. The average molecular weight is 548 g/mol. The number of aliphatic hydroxyl groups is 1. The fraction of sp³-hybridized carbons (Fsp3) is 0.381. The van der Waals surface area contributed by atoms with E-state index in [0.717, 1.165) is 18.7 Å². The molecule has 1 heterocycles. The minimum absolute atomic E-state index is 0.0527. The highest BCUT2D eigenvalue weighted by Crippen LogP contribution is 2.31. The van der Waals surface area contributed by atoms with Crippen LogP contribution in [0.25, 0.3) is 0 Å². The lowest BCUT2D eigenvalue weighted by Gasteiger charge is -2.46. The Balaban J connectivity index is 1.73. The number of nitrogens with zero attached hydrogens (tertiary/aromatic N) is 2. The van der Waals surface area contributed by atoms with Crippen LogP contribution >= 0.6 is 22.6 Å². The number of nitrogens with one attached hydrogen (secondary N) is 2. The quantitative estimate of drug-likeness (QED) is 0.350. The number of hydrogen-bond acceptors (Lipinski definition) is 5. The smallest absolute Gasteiger partial charge is 0.256 e. The number of halogens is 4. The third kappa shape index (κ3) is 5.68. The van der Waals surface area contributed by atoms with Crippen molar-refractivity contribution in [2.75, 3.05) is 52.1 Å². The van der Waals surface area contributed by atoms with Gasteiger partial charge >= 0.3 is 0 Å². The predicted octanol–water partition coefficient (Wildman–Crippen LogP) is 2.79. The number of β-amino-alcohol motifs (C(OH)–C–C–N with tert-alkyl or cyclic N) is 1. The van der Waals surface area contributed by atoms with Crippen LogP contribution in [0.15, 0.2) is 30.3 Å². The fourth-order valence-corrected chi connectivity index (χ4v) is 3.74. The van der Waals surface area contributed by atoms with Crippen LogP contribution in [0, 0.1) is 21.0 Å². The molecule has 31 heavy (non-hydrogen) atoms. The van der Waals surface area contributed by atoms with Crippen LogP contribution in [-0.4, -0.2) is 73.2 Å². The summed E-state index contributed by atoms with van der Waals surface area (Å²) in [6, 6.07) is 6.23. The molecule has 6 nitrogen and oxygen atoms in total. The first kappa shape index (κ1) is 23.8. The Morgan fingerprint density at radius 1 is 1.19 bits per heavy atom. The lowest BCUT2D eigenvalue weighted by Crippen LogP contribution is -2.67. The number of likely N-dealkylation sites (N-methyl/N-ethyl adjacent to an activating group) is 1. The molecule has 0 saturated carbocycles. The molecule has 1 aliphatic rings. The summed E-state index contributed by atoms with van der Waals surface area (Å²) in [4.78, 5) is 16.3. The van der Waals surface area contributed by atoms with Crippen LogP contribution in [0.1, 0.15) is 10.4 Å². The number of carbonyl (C=O) groups is 1. The SMILES string of the molecule is CN(C)CCNCC1(O)CN(C(=O)c2ccc(F)c(F)c2Nc2ccc(I)cc2F)C1. The van der Waals surface area contributed by atoms with Gasteiger partial charge in [-0.2, -0.15) is 0 Å². The molecule has 0 atom stereocenters. The van der Waals surface area contributed by atoms with Crippen molar-refractivity contribution in [3.8, 4) is 0 Å². The van der Waals surface area contributed by atoms with Crippen LogP contribution in [0.2, 0.25) is 0 Å². The number of anilines is 2. The summed E-state index contributed by atoms with van der Waals surface area (Å²) in [6.07, 6.45) is 0. The number of benzene rings is 2. The summed E-state index contributed by atoms with van der Waals surface area (Å²) in [5, 5.41) is 16.2. The molecule has 0 spiro atoms. The average Bonchev–Trinajstić information content (AvgIpc) is 2.68. The van der Waals surface area contributed by atoms with Gasteiger partial charge in [0.2, 0.25) is 0 Å². The van der Waals surface area contributed by atoms with E-state index in [1.807, 2.05) is 41.6 Å². The van der Waals surface area contributed by atoms with Crippen LogP contribution in [0.4, 0.5) is 24.5 Å². The number of amides is 1. The normalized spacial score (nSPS) is 15.2. The van der Waals surface area contributed by atoms with Gasteiger partial charge in [-0.05, 0) is 67.0 Å². The maximum Gasteiger partial charge on any atom is 0.256 e. The fourth-order valence-electron chi connectivity index (χ4n) is 3.29. The van der Waals surface area contributed by atoms with Crippen LogP contribution in [0.3, 0.4) is 0 Å². The van der Waals surface area contributed by atoms with Crippen molar-refractivity contribution in [3.05, 3.63) is 56.9 Å². The molecule has 3 rings (SSSR count). The van der Waals surface area contributed by atoms with Gasteiger partial charge in [-0.3, -0.25) is 4.79 Å². The Bertz CT molecular complexity index is 968. The highest BCUT2D eigenvalue weighted by atomic mass is 127. The van der Waals surface area contributed by atoms with Crippen molar-refractivity contribution in [2.24, 2.45) is 0 Å². The zero-order valence-electron chi connectivity index (χ0n) is 17.2. The van der Waals surface area contributed by atoms with E-state index in [2.05, 4.69) is 10.6 Å². The second kappa shape index (κ2) is 9.72. The molecule has 0 bridgehead atoms. The minimum Gasteiger partial charge on any atom is -0.385 e. The van der Waals surface area contributed by atoms with Gasteiger partial charge in [0, 0.05) is 23.2 Å². The number of hydrogen-bond donors (Lipinski definition) is 3. The van der Waals surface area contributed by atoms with E-state index in [1.165, 1.54) is 17.0 Å². The molecule has 2 aromatic rings. The number of rotatable bonds is 8. The molecule has 2 aromatic carbocycles. The van der Waals surface area contributed by atoms with Gasteiger partial charge in [0.25, 0.3) is 5.91 Å². The Morgan fingerprint density at radius 3 is 2.55 bits per heavy atom. The molecular weight excluding hydrogens is 524 g/mol. The first-order valence-corrected chi connectivity index (χ1v) is 10.7. The molecule has 1 aliphatic heterocycles. The van der Waals surface area contributed by atoms with E-state index in [0.29, 0.717) is 16.7 Å². The van der Waals surface area contributed by atoms with Crippen molar-refractivity contribution in [2.45, 2.75) is 5.60 Å². The second-order valence-corrected chi connectivity index (χ2v) is 9.14. The van der Waals surface area contributed by atoms with Crippen molar-refractivity contribution in [1.29, 1.82) is 0 Å². The van der Waals surface area contributed by atoms with Gasteiger partial charge in [0.05, 0.1) is 30.0 Å².